The van der Waals surface area contributed by atoms with Crippen LogP contribution in [0.3, 0.4) is 0 Å². The average Bonchev–Trinajstić information content (AvgIpc) is 2.67. The Bertz CT molecular complexity index is 792. The summed E-state index contributed by atoms with van der Waals surface area (Å²) in [4.78, 5) is 12.4. The number of amides is 1. The third-order valence-electron chi connectivity index (χ3n) is 3.84. The SMILES string of the molecule is CCOP(=O)(C[C@H](NC(=O)OCc1ccccc1)c1ccccc1Br)OCC. The summed E-state index contributed by atoms with van der Waals surface area (Å²) in [6.07, 6.45) is -0.610. The molecule has 28 heavy (non-hydrogen) atoms. The quantitative estimate of drug-likeness (QED) is 0.452. The van der Waals surface area contributed by atoms with Crippen LogP contribution in [0.4, 0.5) is 4.79 Å². The molecular formula is C20H25BrNO5P. The van der Waals surface area contributed by atoms with Crippen LogP contribution in [0.25, 0.3) is 0 Å². The van der Waals surface area contributed by atoms with Gasteiger partial charge in [0.1, 0.15) is 6.61 Å². The maximum atomic E-state index is 13.0. The molecule has 6 nitrogen and oxygen atoms in total. The first kappa shape index (κ1) is 22.6. The molecule has 1 amide bonds. The second-order valence-electron chi connectivity index (χ2n) is 5.91. The van der Waals surface area contributed by atoms with E-state index >= 15 is 0 Å². The average molecular weight is 470 g/mol. The first-order chi connectivity index (χ1) is 13.5. The van der Waals surface area contributed by atoms with E-state index in [0.29, 0.717) is 0 Å². The Hall–Kier alpha value is -1.66. The highest BCUT2D eigenvalue weighted by Crippen LogP contribution is 2.51. The van der Waals surface area contributed by atoms with Crippen molar-refractivity contribution in [1.82, 2.24) is 5.32 Å². The number of rotatable bonds is 10. The van der Waals surface area contributed by atoms with Gasteiger partial charge in [0.25, 0.3) is 0 Å². The number of ether oxygens (including phenoxy) is 1. The van der Waals surface area contributed by atoms with Crippen LogP contribution in [0.2, 0.25) is 0 Å². The van der Waals surface area contributed by atoms with Crippen molar-refractivity contribution in [1.29, 1.82) is 0 Å². The number of hydrogen-bond donors (Lipinski definition) is 1. The molecule has 0 bridgehead atoms. The second-order valence-corrected chi connectivity index (χ2v) is 8.87. The monoisotopic (exact) mass is 469 g/mol. The van der Waals surface area contributed by atoms with Crippen LogP contribution in [0, 0.1) is 0 Å². The fourth-order valence-corrected chi connectivity index (χ4v) is 5.01. The molecule has 0 aliphatic carbocycles. The van der Waals surface area contributed by atoms with Crippen molar-refractivity contribution in [2.45, 2.75) is 26.5 Å². The Balaban J connectivity index is 2.15. The van der Waals surface area contributed by atoms with Crippen LogP contribution in [0.5, 0.6) is 0 Å². The minimum atomic E-state index is -3.39. The predicted octanol–water partition coefficient (Wildman–Crippen LogP) is 5.68. The smallest absolute Gasteiger partial charge is 0.407 e. The van der Waals surface area contributed by atoms with Crippen molar-refractivity contribution in [3.05, 3.63) is 70.2 Å². The van der Waals surface area contributed by atoms with Gasteiger partial charge in [-0.3, -0.25) is 4.57 Å². The van der Waals surface area contributed by atoms with E-state index in [0.717, 1.165) is 15.6 Å². The van der Waals surface area contributed by atoms with Crippen LogP contribution < -0.4 is 5.32 Å². The number of carbonyl (C=O) groups excluding carboxylic acids is 1. The van der Waals surface area contributed by atoms with E-state index in [1.807, 2.05) is 54.6 Å². The Morgan fingerprint density at radius 1 is 1.04 bits per heavy atom. The maximum absolute atomic E-state index is 13.0. The van der Waals surface area contributed by atoms with Crippen molar-refractivity contribution < 1.29 is 23.1 Å². The van der Waals surface area contributed by atoms with E-state index in [-0.39, 0.29) is 26.0 Å². The number of carbonyl (C=O) groups is 1. The Labute approximate surface area is 174 Å². The summed E-state index contributed by atoms with van der Waals surface area (Å²) in [5.41, 5.74) is 1.64. The molecule has 8 heteroatoms. The molecule has 0 aliphatic rings. The molecule has 0 aliphatic heterocycles. The second kappa shape index (κ2) is 11.4. The zero-order valence-electron chi connectivity index (χ0n) is 16.0. The van der Waals surface area contributed by atoms with Crippen LogP contribution in [0.1, 0.15) is 31.0 Å². The van der Waals surface area contributed by atoms with Crippen molar-refractivity contribution in [2.75, 3.05) is 19.4 Å². The van der Waals surface area contributed by atoms with Crippen molar-refractivity contribution >= 4 is 29.6 Å². The van der Waals surface area contributed by atoms with E-state index in [2.05, 4.69) is 21.2 Å². The van der Waals surface area contributed by atoms with Gasteiger partial charge in [-0.1, -0.05) is 64.5 Å². The van der Waals surface area contributed by atoms with Gasteiger partial charge in [0, 0.05) is 4.47 Å². The highest BCUT2D eigenvalue weighted by Gasteiger charge is 2.31. The Morgan fingerprint density at radius 2 is 1.64 bits per heavy atom. The number of nitrogens with one attached hydrogen (secondary N) is 1. The lowest BCUT2D eigenvalue weighted by molar-refractivity contribution is 0.136. The largest absolute Gasteiger partial charge is 0.445 e. The topological polar surface area (TPSA) is 73.9 Å². The lowest BCUT2D eigenvalue weighted by atomic mass is 10.1. The highest BCUT2D eigenvalue weighted by molar-refractivity contribution is 9.10. The van der Waals surface area contributed by atoms with Gasteiger partial charge in [-0.2, -0.15) is 0 Å². The van der Waals surface area contributed by atoms with E-state index in [1.165, 1.54) is 0 Å². The van der Waals surface area contributed by atoms with Gasteiger partial charge in [-0.05, 0) is 31.0 Å². The number of benzene rings is 2. The molecule has 0 fully saturated rings. The molecule has 2 aromatic carbocycles. The van der Waals surface area contributed by atoms with E-state index in [4.69, 9.17) is 13.8 Å². The zero-order chi connectivity index (χ0) is 20.4. The number of alkyl carbamates (subject to hydrolysis) is 1. The Morgan fingerprint density at radius 3 is 2.25 bits per heavy atom. The molecule has 2 aromatic rings. The molecule has 0 unspecified atom stereocenters. The molecule has 2 rings (SSSR count). The van der Waals surface area contributed by atoms with Crippen LogP contribution in [-0.2, 0) is 25.0 Å². The van der Waals surface area contributed by atoms with E-state index in [9.17, 15) is 9.36 Å². The molecule has 0 aromatic heterocycles. The molecule has 1 atom stereocenters. The minimum Gasteiger partial charge on any atom is -0.445 e. The van der Waals surface area contributed by atoms with Crippen LogP contribution >= 0.6 is 23.5 Å². The van der Waals surface area contributed by atoms with Gasteiger partial charge in [-0.15, -0.1) is 0 Å². The molecule has 0 heterocycles. The van der Waals surface area contributed by atoms with Crippen LogP contribution in [0.15, 0.2) is 59.1 Å². The number of halogens is 1. The number of hydrogen-bond acceptors (Lipinski definition) is 5. The van der Waals surface area contributed by atoms with E-state index < -0.39 is 19.7 Å². The summed E-state index contributed by atoms with van der Waals surface area (Å²) < 4.78 is 29.9. The summed E-state index contributed by atoms with van der Waals surface area (Å²) in [5, 5.41) is 2.79. The highest BCUT2D eigenvalue weighted by atomic mass is 79.9. The van der Waals surface area contributed by atoms with Crippen molar-refractivity contribution in [3.63, 3.8) is 0 Å². The van der Waals surface area contributed by atoms with Crippen molar-refractivity contribution in [2.24, 2.45) is 0 Å². The lowest BCUT2D eigenvalue weighted by Crippen LogP contribution is -2.32. The molecule has 152 valence electrons. The third kappa shape index (κ3) is 7.06. The first-order valence-electron chi connectivity index (χ1n) is 9.07. The van der Waals surface area contributed by atoms with Gasteiger partial charge < -0.3 is 19.1 Å². The third-order valence-corrected chi connectivity index (χ3v) is 6.68. The lowest BCUT2D eigenvalue weighted by Gasteiger charge is -2.25. The van der Waals surface area contributed by atoms with E-state index in [1.54, 1.807) is 13.8 Å². The molecule has 1 N–H and O–H groups in total. The zero-order valence-corrected chi connectivity index (χ0v) is 18.4. The molecule has 0 saturated heterocycles. The van der Waals surface area contributed by atoms with Gasteiger partial charge in [-0.25, -0.2) is 4.79 Å². The molecular weight excluding hydrogens is 445 g/mol. The summed E-state index contributed by atoms with van der Waals surface area (Å²) >= 11 is 3.48. The first-order valence-corrected chi connectivity index (χ1v) is 11.6. The summed E-state index contributed by atoms with van der Waals surface area (Å²) in [6.45, 7) is 4.14. The van der Waals surface area contributed by atoms with Crippen LogP contribution in [-0.4, -0.2) is 25.5 Å². The predicted molar refractivity (Wildman–Crippen MR) is 112 cm³/mol. The van der Waals surface area contributed by atoms with Gasteiger partial charge in [0.15, 0.2) is 0 Å². The van der Waals surface area contributed by atoms with Crippen molar-refractivity contribution in [3.8, 4) is 0 Å². The fourth-order valence-electron chi connectivity index (χ4n) is 2.65. The summed E-state index contributed by atoms with van der Waals surface area (Å²) in [6, 6.07) is 16.2. The Kier molecular flexibility index (Phi) is 9.19. The normalized spacial score (nSPS) is 12.4. The summed E-state index contributed by atoms with van der Waals surface area (Å²) in [5.74, 6) is 0. The van der Waals surface area contributed by atoms with Gasteiger partial charge in [0.2, 0.25) is 0 Å². The fraction of sp³-hybridized carbons (Fsp3) is 0.350. The maximum Gasteiger partial charge on any atom is 0.407 e. The molecule has 0 spiro atoms. The molecule has 0 saturated carbocycles. The summed E-state index contributed by atoms with van der Waals surface area (Å²) in [7, 11) is -3.39. The minimum absolute atomic E-state index is 0.00225. The van der Waals surface area contributed by atoms with Gasteiger partial charge in [0.05, 0.1) is 25.4 Å². The molecule has 0 radical (unpaired) electrons. The van der Waals surface area contributed by atoms with Gasteiger partial charge >= 0.3 is 13.7 Å². The standard InChI is InChI=1S/C20H25BrNO5P/c1-3-26-28(24,27-4-2)15-19(17-12-8-9-13-18(17)21)22-20(23)25-14-16-10-6-5-7-11-16/h5-13,19H,3-4,14-15H2,1-2H3,(H,22,23)/t19-/m0/s1.